The van der Waals surface area contributed by atoms with Gasteiger partial charge in [-0.05, 0) is 29.8 Å². The molecule has 0 spiro atoms. The van der Waals surface area contributed by atoms with Crippen LogP contribution < -0.4 is 0 Å². The zero-order valence-electron chi connectivity index (χ0n) is 9.79. The van der Waals surface area contributed by atoms with E-state index in [-0.39, 0.29) is 5.71 Å². The van der Waals surface area contributed by atoms with Crippen LogP contribution in [-0.2, 0) is 0 Å². The second-order valence-corrected chi connectivity index (χ2v) is 4.82. The fourth-order valence-electron chi connectivity index (χ4n) is 1.69. The Bertz CT molecular complexity index is 579. The molecular weight excluding hydrogens is 285 g/mol. The molecule has 0 saturated carbocycles. The number of rotatable bonds is 3. The minimum absolute atomic E-state index is 0.152. The number of hydrogen-bond acceptors (Lipinski definition) is 3. The van der Waals surface area contributed by atoms with Gasteiger partial charge in [0.2, 0.25) is 0 Å². The maximum Gasteiger partial charge on any atom is 0.125 e. The highest BCUT2D eigenvalue weighted by Gasteiger charge is 2.17. The van der Waals surface area contributed by atoms with Crippen LogP contribution >= 0.6 is 23.2 Å². The number of benzene rings is 2. The van der Waals surface area contributed by atoms with Gasteiger partial charge in [0.15, 0.2) is 0 Å². The summed E-state index contributed by atoms with van der Waals surface area (Å²) in [6.45, 7) is 0. The van der Waals surface area contributed by atoms with Gasteiger partial charge < -0.3 is 10.3 Å². The Morgan fingerprint density at radius 3 is 1.84 bits per heavy atom. The first-order chi connectivity index (χ1) is 9.11. The molecular formula is C14H11Cl2NO2. The molecule has 19 heavy (non-hydrogen) atoms. The Labute approximate surface area is 120 Å². The lowest BCUT2D eigenvalue weighted by molar-refractivity contribution is 0.235. The van der Waals surface area contributed by atoms with E-state index in [1.807, 2.05) is 0 Å². The average molecular weight is 296 g/mol. The molecule has 1 unspecified atom stereocenters. The summed E-state index contributed by atoms with van der Waals surface area (Å²) in [6.07, 6.45) is -1.04. The smallest absolute Gasteiger partial charge is 0.125 e. The highest BCUT2D eigenvalue weighted by Crippen LogP contribution is 2.22. The lowest BCUT2D eigenvalue weighted by Gasteiger charge is -2.13. The van der Waals surface area contributed by atoms with E-state index in [4.69, 9.17) is 28.4 Å². The predicted molar refractivity (Wildman–Crippen MR) is 76.2 cm³/mol. The van der Waals surface area contributed by atoms with Gasteiger partial charge in [0.05, 0.1) is 0 Å². The lowest BCUT2D eigenvalue weighted by Crippen LogP contribution is -2.13. The van der Waals surface area contributed by atoms with Crippen LogP contribution in [0.25, 0.3) is 0 Å². The summed E-state index contributed by atoms with van der Waals surface area (Å²) in [5.41, 5.74) is 1.33. The minimum atomic E-state index is -1.04. The number of aliphatic hydroxyl groups excluding tert-OH is 1. The largest absolute Gasteiger partial charge is 0.411 e. The predicted octanol–water partition coefficient (Wildman–Crippen LogP) is 3.91. The van der Waals surface area contributed by atoms with Crippen LogP contribution in [0.5, 0.6) is 0 Å². The number of halogens is 2. The van der Waals surface area contributed by atoms with Gasteiger partial charge >= 0.3 is 0 Å². The monoisotopic (exact) mass is 295 g/mol. The molecule has 2 aromatic carbocycles. The summed E-state index contributed by atoms with van der Waals surface area (Å²) in [7, 11) is 0. The summed E-state index contributed by atoms with van der Waals surface area (Å²) in [4.78, 5) is 0. The van der Waals surface area contributed by atoms with Crippen LogP contribution in [0.2, 0.25) is 10.0 Å². The fourth-order valence-corrected chi connectivity index (χ4v) is 1.95. The van der Waals surface area contributed by atoms with Crippen molar-refractivity contribution in [2.24, 2.45) is 5.16 Å². The van der Waals surface area contributed by atoms with E-state index in [2.05, 4.69) is 5.16 Å². The maximum atomic E-state index is 10.2. The van der Waals surface area contributed by atoms with Gasteiger partial charge in [-0.2, -0.15) is 0 Å². The first-order valence-corrected chi connectivity index (χ1v) is 6.29. The Hall–Kier alpha value is -1.55. The van der Waals surface area contributed by atoms with Gasteiger partial charge in [-0.1, -0.05) is 52.6 Å². The van der Waals surface area contributed by atoms with E-state index >= 15 is 0 Å². The van der Waals surface area contributed by atoms with Gasteiger partial charge in [-0.15, -0.1) is 0 Å². The Morgan fingerprint density at radius 2 is 1.37 bits per heavy atom. The van der Waals surface area contributed by atoms with Crippen molar-refractivity contribution < 1.29 is 10.3 Å². The van der Waals surface area contributed by atoms with Crippen molar-refractivity contribution in [2.45, 2.75) is 6.10 Å². The Balaban J connectivity index is 2.32. The highest BCUT2D eigenvalue weighted by molar-refractivity contribution is 6.31. The van der Waals surface area contributed by atoms with Crippen LogP contribution in [0.15, 0.2) is 53.7 Å². The van der Waals surface area contributed by atoms with Crippen LogP contribution in [0.4, 0.5) is 0 Å². The van der Waals surface area contributed by atoms with Crippen molar-refractivity contribution in [3.63, 3.8) is 0 Å². The van der Waals surface area contributed by atoms with Crippen LogP contribution in [-0.4, -0.2) is 16.0 Å². The third kappa shape index (κ3) is 3.26. The van der Waals surface area contributed by atoms with Crippen molar-refractivity contribution in [1.82, 2.24) is 0 Å². The third-order valence-electron chi connectivity index (χ3n) is 2.69. The molecule has 0 aromatic heterocycles. The first kappa shape index (κ1) is 13.9. The topological polar surface area (TPSA) is 52.8 Å². The zero-order valence-corrected chi connectivity index (χ0v) is 11.3. The third-order valence-corrected chi connectivity index (χ3v) is 3.20. The second-order valence-electron chi connectivity index (χ2n) is 3.95. The van der Waals surface area contributed by atoms with Gasteiger partial charge in [0, 0.05) is 15.6 Å². The summed E-state index contributed by atoms with van der Waals surface area (Å²) < 4.78 is 0. The number of oxime groups is 1. The summed E-state index contributed by atoms with van der Waals surface area (Å²) >= 11 is 11.6. The minimum Gasteiger partial charge on any atom is -0.411 e. The van der Waals surface area contributed by atoms with Crippen molar-refractivity contribution in [3.05, 3.63) is 69.7 Å². The van der Waals surface area contributed by atoms with Gasteiger partial charge in [-0.25, -0.2) is 0 Å². The van der Waals surface area contributed by atoms with Crippen molar-refractivity contribution in [1.29, 1.82) is 0 Å². The summed E-state index contributed by atoms with van der Waals surface area (Å²) in [5.74, 6) is 0. The van der Waals surface area contributed by atoms with E-state index in [9.17, 15) is 5.11 Å². The molecule has 3 nitrogen and oxygen atoms in total. The van der Waals surface area contributed by atoms with Gasteiger partial charge in [0.1, 0.15) is 11.8 Å². The highest BCUT2D eigenvalue weighted by atomic mass is 35.5. The molecule has 0 radical (unpaired) electrons. The van der Waals surface area contributed by atoms with E-state index in [1.165, 1.54) is 0 Å². The van der Waals surface area contributed by atoms with E-state index < -0.39 is 6.10 Å². The van der Waals surface area contributed by atoms with Crippen molar-refractivity contribution in [3.8, 4) is 0 Å². The number of nitrogens with zero attached hydrogens (tertiary/aromatic N) is 1. The van der Waals surface area contributed by atoms with Crippen LogP contribution in [0.1, 0.15) is 17.2 Å². The molecule has 2 N–H and O–H groups in total. The van der Waals surface area contributed by atoms with Crippen LogP contribution in [0.3, 0.4) is 0 Å². The average Bonchev–Trinajstić information content (AvgIpc) is 2.42. The van der Waals surface area contributed by atoms with Crippen molar-refractivity contribution in [2.75, 3.05) is 0 Å². The molecule has 1 atom stereocenters. The molecule has 2 aromatic rings. The SMILES string of the molecule is ON=C(c1ccc(Cl)cc1)C(O)c1ccc(Cl)cc1. The molecule has 98 valence electrons. The molecule has 0 aliphatic carbocycles. The molecule has 0 aliphatic rings. The van der Waals surface area contributed by atoms with Crippen LogP contribution in [0, 0.1) is 0 Å². The first-order valence-electron chi connectivity index (χ1n) is 5.53. The summed E-state index contributed by atoms with van der Waals surface area (Å²) in [6, 6.07) is 13.4. The molecule has 0 aliphatic heterocycles. The standard InChI is InChI=1S/C14H11Cl2NO2/c15-11-5-1-9(2-6-11)13(17-19)14(18)10-3-7-12(16)8-4-10/h1-8,14,18-19H. The number of aliphatic hydroxyl groups is 1. The Kier molecular flexibility index (Phi) is 4.43. The maximum absolute atomic E-state index is 10.2. The quantitative estimate of drug-likeness (QED) is 0.512. The molecule has 0 amide bonds. The lowest BCUT2D eigenvalue weighted by atomic mass is 9.99. The van der Waals surface area contributed by atoms with Gasteiger partial charge in [-0.3, -0.25) is 0 Å². The second kappa shape index (κ2) is 6.06. The Morgan fingerprint density at radius 1 is 0.895 bits per heavy atom. The molecule has 0 bridgehead atoms. The van der Waals surface area contributed by atoms with E-state index in [0.29, 0.717) is 21.2 Å². The van der Waals surface area contributed by atoms with Crippen molar-refractivity contribution >= 4 is 28.9 Å². The molecule has 5 heteroatoms. The van der Waals surface area contributed by atoms with E-state index in [0.717, 1.165) is 0 Å². The van der Waals surface area contributed by atoms with E-state index in [1.54, 1.807) is 48.5 Å². The molecule has 0 saturated heterocycles. The molecule has 2 rings (SSSR count). The fraction of sp³-hybridized carbons (Fsp3) is 0.0714. The normalized spacial score (nSPS) is 13.3. The number of hydrogen-bond donors (Lipinski definition) is 2. The molecule has 0 heterocycles. The zero-order chi connectivity index (χ0) is 13.8. The summed E-state index contributed by atoms with van der Waals surface area (Å²) in [5, 5.41) is 23.7. The molecule has 0 fully saturated rings. The van der Waals surface area contributed by atoms with Gasteiger partial charge in [0.25, 0.3) is 0 Å².